The van der Waals surface area contributed by atoms with Crippen LogP contribution in [0.4, 0.5) is 10.5 Å². The molecule has 1 aromatic heterocycles. The zero-order valence-corrected chi connectivity index (χ0v) is 14.7. The minimum absolute atomic E-state index is 0.183. The second-order valence-corrected chi connectivity index (χ2v) is 6.68. The maximum Gasteiger partial charge on any atom is 0.350 e. The van der Waals surface area contributed by atoms with Gasteiger partial charge < -0.3 is 24.8 Å². The van der Waals surface area contributed by atoms with Gasteiger partial charge in [0.15, 0.2) is 0 Å². The molecule has 0 aliphatic carbocycles. The van der Waals surface area contributed by atoms with E-state index in [1.165, 1.54) is 16.2 Å². The number of carbonyl (C=O) groups excluding carboxylic acids is 2. The SMILES string of the molecule is CCOC(=O)c1sc2ccccc2c1NC(=O)N1CCOC[C@H](O)C1. The molecule has 1 aromatic carbocycles. The summed E-state index contributed by atoms with van der Waals surface area (Å²) in [6, 6.07) is 7.09. The van der Waals surface area contributed by atoms with Gasteiger partial charge in [-0.2, -0.15) is 0 Å². The molecule has 3 rings (SSSR count). The van der Waals surface area contributed by atoms with Crippen molar-refractivity contribution < 1.29 is 24.2 Å². The van der Waals surface area contributed by atoms with Crippen molar-refractivity contribution in [2.45, 2.75) is 13.0 Å². The maximum atomic E-state index is 12.6. The standard InChI is InChI=1S/C17H20N2O5S/c1-2-24-16(21)15-14(12-5-3-4-6-13(12)25-15)18-17(22)19-7-8-23-10-11(20)9-19/h3-6,11,20H,2,7-10H2,1H3,(H,18,22)/t11-/m1/s1. The molecule has 1 atom stereocenters. The van der Waals surface area contributed by atoms with E-state index in [1.807, 2.05) is 24.3 Å². The lowest BCUT2D eigenvalue weighted by molar-refractivity contribution is 0.0533. The average molecular weight is 364 g/mol. The summed E-state index contributed by atoms with van der Waals surface area (Å²) < 4.78 is 11.2. The van der Waals surface area contributed by atoms with Crippen LogP contribution in [0.25, 0.3) is 10.1 Å². The molecule has 0 unspecified atom stereocenters. The number of benzene rings is 1. The molecule has 1 fully saturated rings. The Morgan fingerprint density at radius 3 is 3.04 bits per heavy atom. The van der Waals surface area contributed by atoms with Gasteiger partial charge in [0.2, 0.25) is 0 Å². The monoisotopic (exact) mass is 364 g/mol. The normalized spacial score (nSPS) is 18.0. The Balaban J connectivity index is 1.89. The number of thiophene rings is 1. The maximum absolute atomic E-state index is 12.6. The predicted octanol–water partition coefficient (Wildman–Crippen LogP) is 2.30. The van der Waals surface area contributed by atoms with Crippen LogP contribution in [0.15, 0.2) is 24.3 Å². The molecule has 2 N–H and O–H groups in total. The van der Waals surface area contributed by atoms with Gasteiger partial charge in [0, 0.05) is 16.6 Å². The van der Waals surface area contributed by atoms with Gasteiger partial charge >= 0.3 is 12.0 Å². The molecule has 134 valence electrons. The molecule has 8 heteroatoms. The Hall–Kier alpha value is -2.16. The summed E-state index contributed by atoms with van der Waals surface area (Å²) in [5, 5.41) is 13.4. The van der Waals surface area contributed by atoms with Crippen LogP contribution in [0, 0.1) is 0 Å². The molecule has 2 amide bonds. The minimum Gasteiger partial charge on any atom is -0.462 e. The number of aliphatic hydroxyl groups is 1. The van der Waals surface area contributed by atoms with Crippen molar-refractivity contribution in [2.75, 3.05) is 38.2 Å². The second kappa shape index (κ2) is 7.81. The third-order valence-electron chi connectivity index (χ3n) is 3.82. The van der Waals surface area contributed by atoms with Crippen molar-refractivity contribution in [1.82, 2.24) is 4.90 Å². The van der Waals surface area contributed by atoms with Crippen molar-refractivity contribution >= 4 is 39.1 Å². The Morgan fingerprint density at radius 1 is 1.44 bits per heavy atom. The van der Waals surface area contributed by atoms with E-state index in [0.29, 0.717) is 23.7 Å². The number of carbonyl (C=O) groups is 2. The van der Waals surface area contributed by atoms with E-state index in [2.05, 4.69) is 5.32 Å². The molecule has 2 heterocycles. The van der Waals surface area contributed by atoms with Crippen LogP contribution >= 0.6 is 11.3 Å². The van der Waals surface area contributed by atoms with E-state index in [9.17, 15) is 14.7 Å². The van der Waals surface area contributed by atoms with Crippen LogP contribution in [0.3, 0.4) is 0 Å². The Bertz CT molecular complexity index is 775. The van der Waals surface area contributed by atoms with Gasteiger partial charge in [-0.25, -0.2) is 9.59 Å². The summed E-state index contributed by atoms with van der Waals surface area (Å²) in [7, 11) is 0. The molecule has 0 radical (unpaired) electrons. The number of hydrogen-bond donors (Lipinski definition) is 2. The van der Waals surface area contributed by atoms with Crippen LogP contribution in [0.1, 0.15) is 16.6 Å². The quantitative estimate of drug-likeness (QED) is 0.816. The van der Waals surface area contributed by atoms with Crippen molar-refractivity contribution in [2.24, 2.45) is 0 Å². The highest BCUT2D eigenvalue weighted by molar-refractivity contribution is 7.21. The molecule has 0 spiro atoms. The fourth-order valence-electron chi connectivity index (χ4n) is 2.67. The van der Waals surface area contributed by atoms with E-state index < -0.39 is 12.1 Å². The first-order valence-corrected chi connectivity index (χ1v) is 8.92. The summed E-state index contributed by atoms with van der Waals surface area (Å²) in [5.74, 6) is -0.460. The number of fused-ring (bicyclic) bond motifs is 1. The first-order valence-electron chi connectivity index (χ1n) is 8.10. The number of anilines is 1. The van der Waals surface area contributed by atoms with Crippen molar-refractivity contribution in [1.29, 1.82) is 0 Å². The van der Waals surface area contributed by atoms with Gasteiger partial charge in [-0.15, -0.1) is 11.3 Å². The van der Waals surface area contributed by atoms with Crippen LogP contribution in [0.5, 0.6) is 0 Å². The molecule has 25 heavy (non-hydrogen) atoms. The number of aliphatic hydroxyl groups excluding tert-OH is 1. The average Bonchev–Trinajstić information content (AvgIpc) is 2.81. The van der Waals surface area contributed by atoms with Crippen molar-refractivity contribution in [3.05, 3.63) is 29.1 Å². The molecule has 7 nitrogen and oxygen atoms in total. The number of urea groups is 1. The van der Waals surface area contributed by atoms with Gasteiger partial charge in [0.1, 0.15) is 4.88 Å². The fraction of sp³-hybridized carbons (Fsp3) is 0.412. The van der Waals surface area contributed by atoms with E-state index >= 15 is 0 Å². The smallest absolute Gasteiger partial charge is 0.350 e. The van der Waals surface area contributed by atoms with Gasteiger partial charge in [-0.1, -0.05) is 18.2 Å². The first-order chi connectivity index (χ1) is 12.1. The zero-order valence-electron chi connectivity index (χ0n) is 13.9. The fourth-order valence-corrected chi connectivity index (χ4v) is 3.72. The molecule has 1 saturated heterocycles. The number of nitrogens with one attached hydrogen (secondary N) is 1. The number of amides is 2. The molecule has 2 aromatic rings. The topological polar surface area (TPSA) is 88.1 Å². The van der Waals surface area contributed by atoms with Gasteiger partial charge in [0.25, 0.3) is 0 Å². The predicted molar refractivity (Wildman–Crippen MR) is 95.2 cm³/mol. The number of ether oxygens (including phenoxy) is 2. The van der Waals surface area contributed by atoms with E-state index in [-0.39, 0.29) is 25.8 Å². The van der Waals surface area contributed by atoms with Gasteiger partial charge in [0.05, 0.1) is 38.2 Å². The lowest BCUT2D eigenvalue weighted by Crippen LogP contribution is -2.40. The van der Waals surface area contributed by atoms with Crippen LogP contribution in [-0.4, -0.2) is 61.0 Å². The number of esters is 1. The second-order valence-electron chi connectivity index (χ2n) is 5.63. The van der Waals surface area contributed by atoms with E-state index in [1.54, 1.807) is 6.92 Å². The Morgan fingerprint density at radius 2 is 2.24 bits per heavy atom. The summed E-state index contributed by atoms with van der Waals surface area (Å²) in [5.41, 5.74) is 0.448. The van der Waals surface area contributed by atoms with Crippen LogP contribution in [0.2, 0.25) is 0 Å². The summed E-state index contributed by atoms with van der Waals surface area (Å²) >= 11 is 1.28. The third kappa shape index (κ3) is 3.92. The van der Waals surface area contributed by atoms with Gasteiger partial charge in [-0.05, 0) is 13.0 Å². The Kier molecular flexibility index (Phi) is 5.52. The lowest BCUT2D eigenvalue weighted by Gasteiger charge is -2.22. The van der Waals surface area contributed by atoms with Crippen LogP contribution in [-0.2, 0) is 9.47 Å². The Labute approximate surface area is 149 Å². The minimum atomic E-state index is -0.725. The van der Waals surface area contributed by atoms with Crippen molar-refractivity contribution in [3.8, 4) is 0 Å². The third-order valence-corrected chi connectivity index (χ3v) is 4.97. The molecular weight excluding hydrogens is 344 g/mol. The van der Waals surface area contributed by atoms with Crippen LogP contribution < -0.4 is 5.32 Å². The van der Waals surface area contributed by atoms with E-state index in [4.69, 9.17) is 9.47 Å². The largest absolute Gasteiger partial charge is 0.462 e. The summed E-state index contributed by atoms with van der Waals surface area (Å²) in [4.78, 5) is 26.8. The lowest BCUT2D eigenvalue weighted by atomic mass is 10.2. The molecule has 0 saturated carbocycles. The summed E-state index contributed by atoms with van der Waals surface area (Å²) in [6.07, 6.45) is -0.725. The molecule has 1 aliphatic rings. The highest BCUT2D eigenvalue weighted by Crippen LogP contribution is 2.36. The summed E-state index contributed by atoms with van der Waals surface area (Å²) in [6.45, 7) is 3.12. The molecular formula is C17H20N2O5S. The van der Waals surface area contributed by atoms with E-state index in [0.717, 1.165) is 10.1 Å². The highest BCUT2D eigenvalue weighted by Gasteiger charge is 2.25. The molecule has 1 aliphatic heterocycles. The number of nitrogens with zero attached hydrogens (tertiary/aromatic N) is 1. The van der Waals surface area contributed by atoms with Crippen molar-refractivity contribution in [3.63, 3.8) is 0 Å². The number of hydrogen-bond acceptors (Lipinski definition) is 6. The first kappa shape index (κ1) is 17.7. The highest BCUT2D eigenvalue weighted by atomic mass is 32.1. The van der Waals surface area contributed by atoms with Gasteiger partial charge in [-0.3, -0.25) is 0 Å². The number of β-amino-alcohol motifs (C(OH)–C–C–N with tert-alkyl or cyclic N) is 1. The molecule has 0 bridgehead atoms. The number of rotatable bonds is 3. The zero-order chi connectivity index (χ0) is 17.8.